The quantitative estimate of drug-likeness (QED) is 0.613. The molecule has 17 heavy (non-hydrogen) atoms. The van der Waals surface area contributed by atoms with E-state index in [1.807, 2.05) is 6.92 Å². The molecule has 5 heteroatoms. The van der Waals surface area contributed by atoms with Crippen molar-refractivity contribution in [1.29, 1.82) is 0 Å². The van der Waals surface area contributed by atoms with Gasteiger partial charge in [-0.25, -0.2) is 0 Å². The Bertz CT molecular complexity index is 468. The van der Waals surface area contributed by atoms with Crippen LogP contribution in [0.5, 0.6) is 5.75 Å². The number of rotatable bonds is 6. The van der Waals surface area contributed by atoms with Crippen molar-refractivity contribution in [3.8, 4) is 5.75 Å². The van der Waals surface area contributed by atoms with Gasteiger partial charge >= 0.3 is 0 Å². The van der Waals surface area contributed by atoms with Crippen LogP contribution in [-0.4, -0.2) is 16.2 Å². The molecule has 0 spiro atoms. The highest BCUT2D eigenvalue weighted by molar-refractivity contribution is 7.80. The van der Waals surface area contributed by atoms with Crippen LogP contribution >= 0.6 is 12.2 Å². The lowest BCUT2D eigenvalue weighted by atomic mass is 10.2. The van der Waals surface area contributed by atoms with Crippen molar-refractivity contribution in [2.45, 2.75) is 13.5 Å². The van der Waals surface area contributed by atoms with Gasteiger partial charge in [-0.2, -0.15) is 0 Å². The fraction of sp³-hybridized carbons (Fsp3) is 0.333. The Kier molecular flexibility index (Phi) is 4.90. The first-order chi connectivity index (χ1) is 8.06. The minimum atomic E-state index is -0.183. The van der Waals surface area contributed by atoms with Crippen LogP contribution in [-0.2, 0) is 6.54 Å². The lowest BCUT2D eigenvalue weighted by Gasteiger charge is -2.12. The summed E-state index contributed by atoms with van der Waals surface area (Å²) in [5.74, 6) is 0.278. The Balaban J connectivity index is 2.90. The van der Waals surface area contributed by atoms with E-state index in [2.05, 4.69) is 6.58 Å². The van der Waals surface area contributed by atoms with Crippen LogP contribution in [0.4, 0.5) is 0 Å². The maximum atomic E-state index is 12.0. The lowest BCUT2D eigenvalue weighted by Crippen LogP contribution is -2.29. The van der Waals surface area contributed by atoms with E-state index in [0.29, 0.717) is 23.9 Å². The van der Waals surface area contributed by atoms with E-state index >= 15 is 0 Å². The van der Waals surface area contributed by atoms with Crippen molar-refractivity contribution in [1.82, 2.24) is 4.57 Å². The summed E-state index contributed by atoms with van der Waals surface area (Å²) < 4.78 is 6.80. The molecule has 0 radical (unpaired) electrons. The molecule has 0 aliphatic heterocycles. The molecule has 2 N–H and O–H groups in total. The highest BCUT2D eigenvalue weighted by Gasteiger charge is 2.09. The zero-order valence-corrected chi connectivity index (χ0v) is 10.6. The highest BCUT2D eigenvalue weighted by atomic mass is 32.1. The Morgan fingerprint density at radius 1 is 1.76 bits per heavy atom. The molecule has 1 aromatic rings. The summed E-state index contributed by atoms with van der Waals surface area (Å²) in [6.45, 7) is 6.18. The van der Waals surface area contributed by atoms with Crippen molar-refractivity contribution < 1.29 is 4.74 Å². The van der Waals surface area contributed by atoms with Crippen molar-refractivity contribution in [3.05, 3.63) is 41.3 Å². The number of aromatic nitrogens is 1. The van der Waals surface area contributed by atoms with Gasteiger partial charge in [0, 0.05) is 18.7 Å². The van der Waals surface area contributed by atoms with Crippen molar-refractivity contribution in [2.24, 2.45) is 11.7 Å². The first-order valence-corrected chi connectivity index (χ1v) is 5.69. The Hall–Kier alpha value is -1.62. The fourth-order valence-electron chi connectivity index (χ4n) is 1.30. The van der Waals surface area contributed by atoms with Gasteiger partial charge in [-0.3, -0.25) is 4.79 Å². The van der Waals surface area contributed by atoms with Gasteiger partial charge in [0.25, 0.3) is 5.56 Å². The minimum absolute atomic E-state index is 0.0302. The van der Waals surface area contributed by atoms with Gasteiger partial charge in [0.05, 0.1) is 4.99 Å². The molecule has 1 rings (SSSR count). The summed E-state index contributed by atoms with van der Waals surface area (Å²) >= 11 is 4.88. The molecule has 0 aromatic carbocycles. The fourth-order valence-corrected chi connectivity index (χ4v) is 1.38. The smallest absolute Gasteiger partial charge is 0.292 e. The van der Waals surface area contributed by atoms with Crippen molar-refractivity contribution in [2.75, 3.05) is 6.61 Å². The number of ether oxygens (including phenoxy) is 1. The largest absolute Gasteiger partial charge is 0.484 e. The summed E-state index contributed by atoms with van der Waals surface area (Å²) in [7, 11) is 0. The van der Waals surface area contributed by atoms with E-state index in [-0.39, 0.29) is 11.5 Å². The van der Waals surface area contributed by atoms with Crippen LogP contribution in [0.1, 0.15) is 6.92 Å². The zero-order chi connectivity index (χ0) is 12.8. The lowest BCUT2D eigenvalue weighted by molar-refractivity contribution is 0.352. The summed E-state index contributed by atoms with van der Waals surface area (Å²) in [6.07, 6.45) is 3.28. The number of hydrogen-bond donors (Lipinski definition) is 1. The van der Waals surface area contributed by atoms with Crippen LogP contribution in [0.2, 0.25) is 0 Å². The van der Waals surface area contributed by atoms with E-state index in [4.69, 9.17) is 22.7 Å². The molecule has 0 fully saturated rings. The molecule has 92 valence electrons. The molecule has 1 atom stereocenters. The van der Waals surface area contributed by atoms with Gasteiger partial charge < -0.3 is 15.0 Å². The van der Waals surface area contributed by atoms with E-state index in [1.165, 1.54) is 0 Å². The SMILES string of the molecule is C=CCOc1cccn(CC(C)C(N)=S)c1=O. The number of nitrogens with zero attached hydrogens (tertiary/aromatic N) is 1. The molecule has 1 heterocycles. The van der Waals surface area contributed by atoms with Crippen molar-refractivity contribution >= 4 is 17.2 Å². The zero-order valence-electron chi connectivity index (χ0n) is 9.76. The van der Waals surface area contributed by atoms with Gasteiger partial charge in [0.1, 0.15) is 6.61 Å². The van der Waals surface area contributed by atoms with Crippen LogP contribution < -0.4 is 16.0 Å². The highest BCUT2D eigenvalue weighted by Crippen LogP contribution is 2.04. The Labute approximate surface area is 106 Å². The average Bonchev–Trinajstić information content (AvgIpc) is 2.30. The molecule has 0 saturated heterocycles. The van der Waals surface area contributed by atoms with Crippen LogP contribution in [0.3, 0.4) is 0 Å². The second kappa shape index (κ2) is 6.20. The van der Waals surface area contributed by atoms with Crippen LogP contribution in [0.15, 0.2) is 35.8 Å². The number of thiocarbonyl (C=S) groups is 1. The topological polar surface area (TPSA) is 57.2 Å². The second-order valence-corrected chi connectivity index (χ2v) is 4.20. The summed E-state index contributed by atoms with van der Waals surface area (Å²) in [4.78, 5) is 12.3. The van der Waals surface area contributed by atoms with Crippen molar-refractivity contribution in [3.63, 3.8) is 0 Å². The standard InChI is InChI=1S/C12H16N2O2S/c1-3-7-16-10-5-4-6-14(12(10)15)8-9(2)11(13)17/h3-6,9H,1,7-8H2,2H3,(H2,13,17). The van der Waals surface area contributed by atoms with E-state index < -0.39 is 0 Å². The molecular formula is C12H16N2O2S. The summed E-state index contributed by atoms with van der Waals surface area (Å²) in [5, 5.41) is 0. The van der Waals surface area contributed by atoms with E-state index in [9.17, 15) is 4.79 Å². The van der Waals surface area contributed by atoms with Crippen LogP contribution in [0, 0.1) is 5.92 Å². The average molecular weight is 252 g/mol. The maximum absolute atomic E-state index is 12.0. The summed E-state index contributed by atoms with van der Waals surface area (Å²) in [6, 6.07) is 3.39. The third-order valence-corrected chi connectivity index (χ3v) is 2.70. The second-order valence-electron chi connectivity index (χ2n) is 3.73. The normalized spacial score (nSPS) is 11.8. The maximum Gasteiger partial charge on any atom is 0.292 e. The molecule has 1 unspecified atom stereocenters. The van der Waals surface area contributed by atoms with Gasteiger partial charge in [-0.05, 0) is 12.1 Å². The van der Waals surface area contributed by atoms with Crippen LogP contribution in [0.25, 0.3) is 0 Å². The first-order valence-electron chi connectivity index (χ1n) is 5.28. The molecule has 1 aromatic heterocycles. The minimum Gasteiger partial charge on any atom is -0.484 e. The molecule has 0 bridgehead atoms. The van der Waals surface area contributed by atoms with E-state index in [0.717, 1.165) is 0 Å². The molecule has 4 nitrogen and oxygen atoms in total. The number of pyridine rings is 1. The number of hydrogen-bond acceptors (Lipinski definition) is 3. The molecule has 0 saturated carbocycles. The third kappa shape index (κ3) is 3.71. The van der Waals surface area contributed by atoms with Gasteiger partial charge in [0.15, 0.2) is 5.75 Å². The first kappa shape index (κ1) is 13.4. The molecule has 0 aliphatic carbocycles. The van der Waals surface area contributed by atoms with Gasteiger partial charge in [0.2, 0.25) is 0 Å². The monoisotopic (exact) mass is 252 g/mol. The van der Waals surface area contributed by atoms with Gasteiger partial charge in [-0.1, -0.05) is 31.8 Å². The predicted molar refractivity (Wildman–Crippen MR) is 72.3 cm³/mol. The Morgan fingerprint density at radius 2 is 2.47 bits per heavy atom. The third-order valence-electron chi connectivity index (χ3n) is 2.30. The molecular weight excluding hydrogens is 236 g/mol. The molecule has 0 aliphatic rings. The Morgan fingerprint density at radius 3 is 3.06 bits per heavy atom. The number of nitrogens with two attached hydrogens (primary N) is 1. The van der Waals surface area contributed by atoms with E-state index in [1.54, 1.807) is 29.0 Å². The predicted octanol–water partition coefficient (Wildman–Crippen LogP) is 1.34. The summed E-state index contributed by atoms with van der Waals surface area (Å²) in [5.41, 5.74) is 5.34. The van der Waals surface area contributed by atoms with Gasteiger partial charge in [-0.15, -0.1) is 0 Å². The molecule has 0 amide bonds.